The summed E-state index contributed by atoms with van der Waals surface area (Å²) in [5.74, 6) is -2.64. The van der Waals surface area contributed by atoms with Gasteiger partial charge in [-0.3, -0.25) is 4.79 Å². The first-order chi connectivity index (χ1) is 10.2. The summed E-state index contributed by atoms with van der Waals surface area (Å²) in [5, 5.41) is 20.4. The van der Waals surface area contributed by atoms with Crippen LogP contribution in [0.25, 0.3) is 0 Å². The molecule has 1 rings (SSSR count). The Morgan fingerprint density at radius 3 is 2.55 bits per heavy atom. The second-order valence-corrected chi connectivity index (χ2v) is 4.50. The van der Waals surface area contributed by atoms with E-state index in [0.29, 0.717) is 0 Å². The number of hydrogen-bond donors (Lipinski definition) is 3. The van der Waals surface area contributed by atoms with Crippen LogP contribution in [0.1, 0.15) is 17.3 Å². The number of rotatable bonds is 7. The van der Waals surface area contributed by atoms with Gasteiger partial charge in [0.15, 0.2) is 5.60 Å². The van der Waals surface area contributed by atoms with E-state index in [2.05, 4.69) is 10.1 Å². The predicted molar refractivity (Wildman–Crippen MR) is 70.2 cm³/mol. The van der Waals surface area contributed by atoms with Crippen LogP contribution in [0.4, 0.5) is 8.78 Å². The minimum atomic E-state index is -3.15. The number of halogens is 2. The summed E-state index contributed by atoms with van der Waals surface area (Å²) in [5.41, 5.74) is -2.44. The molecule has 0 saturated carbocycles. The molecule has 22 heavy (non-hydrogen) atoms. The minimum Gasteiger partial charge on any atom is -0.497 e. The first-order valence-electron chi connectivity index (χ1n) is 6.04. The largest absolute Gasteiger partial charge is 0.497 e. The highest BCUT2D eigenvalue weighted by atomic mass is 19.3. The van der Waals surface area contributed by atoms with Gasteiger partial charge in [0.05, 0.1) is 19.2 Å². The molecule has 1 aromatic carbocycles. The third kappa shape index (κ3) is 4.55. The normalized spacial score (nSPS) is 13.4. The molecule has 1 unspecified atom stereocenters. The van der Waals surface area contributed by atoms with Crippen molar-refractivity contribution in [2.75, 3.05) is 13.7 Å². The van der Waals surface area contributed by atoms with Crippen molar-refractivity contribution in [3.63, 3.8) is 0 Å². The third-order valence-electron chi connectivity index (χ3n) is 2.70. The number of carbonyl (C=O) groups excluding carboxylic acids is 1. The van der Waals surface area contributed by atoms with E-state index in [1.165, 1.54) is 19.2 Å². The van der Waals surface area contributed by atoms with E-state index in [-0.39, 0.29) is 11.3 Å². The standard InChI is InChI=1S/C13H15F2NO6/c1-13(20,11(18)19)6-16-10(17)8-4-3-7(21-2)5-9(8)22-12(14)15/h3-5,12,20H,6H2,1-2H3,(H,16,17)(H,18,19). The van der Waals surface area contributed by atoms with Crippen LogP contribution < -0.4 is 14.8 Å². The fourth-order valence-corrected chi connectivity index (χ4v) is 1.43. The molecule has 1 amide bonds. The van der Waals surface area contributed by atoms with Gasteiger partial charge < -0.3 is 25.0 Å². The SMILES string of the molecule is COc1ccc(C(=O)NCC(C)(O)C(=O)O)c(OC(F)F)c1. The average molecular weight is 319 g/mol. The summed E-state index contributed by atoms with van der Waals surface area (Å²) < 4.78 is 33.8. The molecule has 9 heteroatoms. The molecule has 122 valence electrons. The van der Waals surface area contributed by atoms with E-state index in [1.807, 2.05) is 0 Å². The zero-order chi connectivity index (χ0) is 16.9. The Hall–Kier alpha value is -2.42. The van der Waals surface area contributed by atoms with Crippen molar-refractivity contribution in [3.8, 4) is 11.5 Å². The van der Waals surface area contributed by atoms with Gasteiger partial charge in [-0.1, -0.05) is 0 Å². The first-order valence-corrected chi connectivity index (χ1v) is 6.04. The Labute approximate surface area is 124 Å². The van der Waals surface area contributed by atoms with Crippen LogP contribution >= 0.6 is 0 Å². The second-order valence-electron chi connectivity index (χ2n) is 4.50. The fraction of sp³-hybridized carbons (Fsp3) is 0.385. The number of ether oxygens (including phenoxy) is 2. The lowest BCUT2D eigenvalue weighted by atomic mass is 10.1. The maximum absolute atomic E-state index is 12.4. The summed E-state index contributed by atoms with van der Waals surface area (Å²) in [7, 11) is 1.31. The van der Waals surface area contributed by atoms with Gasteiger partial charge in [-0.25, -0.2) is 4.79 Å². The van der Waals surface area contributed by atoms with Crippen molar-refractivity contribution in [1.82, 2.24) is 5.32 Å². The van der Waals surface area contributed by atoms with Gasteiger partial charge in [-0.2, -0.15) is 8.78 Å². The molecule has 0 spiro atoms. The van der Waals surface area contributed by atoms with Crippen LogP contribution in [-0.2, 0) is 4.79 Å². The van der Waals surface area contributed by atoms with Crippen LogP contribution in [0, 0.1) is 0 Å². The van der Waals surface area contributed by atoms with Crippen molar-refractivity contribution >= 4 is 11.9 Å². The van der Waals surface area contributed by atoms with Crippen LogP contribution in [0.2, 0.25) is 0 Å². The maximum Gasteiger partial charge on any atom is 0.387 e. The molecule has 3 N–H and O–H groups in total. The molecular weight excluding hydrogens is 304 g/mol. The Morgan fingerprint density at radius 1 is 1.41 bits per heavy atom. The Bertz CT molecular complexity index is 561. The Balaban J connectivity index is 2.94. The van der Waals surface area contributed by atoms with Crippen LogP contribution in [0.3, 0.4) is 0 Å². The zero-order valence-electron chi connectivity index (χ0n) is 11.8. The van der Waals surface area contributed by atoms with E-state index in [4.69, 9.17) is 9.84 Å². The number of amides is 1. The van der Waals surface area contributed by atoms with Crippen molar-refractivity contribution in [3.05, 3.63) is 23.8 Å². The number of benzene rings is 1. The van der Waals surface area contributed by atoms with E-state index in [0.717, 1.165) is 13.0 Å². The molecule has 0 radical (unpaired) electrons. The molecule has 1 atom stereocenters. The molecule has 0 fully saturated rings. The van der Waals surface area contributed by atoms with Crippen LogP contribution in [-0.4, -0.2) is 48.0 Å². The number of methoxy groups -OCH3 is 1. The molecular formula is C13H15F2NO6. The van der Waals surface area contributed by atoms with Gasteiger partial charge in [0.1, 0.15) is 11.5 Å². The number of hydrogen-bond acceptors (Lipinski definition) is 5. The molecule has 0 aliphatic heterocycles. The topological polar surface area (TPSA) is 105 Å². The van der Waals surface area contributed by atoms with Crippen molar-refractivity contribution < 1.29 is 38.1 Å². The van der Waals surface area contributed by atoms with Crippen molar-refractivity contribution in [2.24, 2.45) is 0 Å². The van der Waals surface area contributed by atoms with E-state index in [9.17, 15) is 23.5 Å². The Morgan fingerprint density at radius 2 is 2.05 bits per heavy atom. The summed E-state index contributed by atoms with van der Waals surface area (Å²) in [6, 6.07) is 3.63. The second kappa shape index (κ2) is 7.03. The lowest BCUT2D eigenvalue weighted by Gasteiger charge is -2.19. The summed E-state index contributed by atoms with van der Waals surface area (Å²) in [4.78, 5) is 22.7. The highest BCUT2D eigenvalue weighted by Crippen LogP contribution is 2.26. The van der Waals surface area contributed by atoms with E-state index in [1.54, 1.807) is 0 Å². The van der Waals surface area contributed by atoms with Gasteiger partial charge in [-0.15, -0.1) is 0 Å². The number of aliphatic carboxylic acids is 1. The number of alkyl halides is 2. The number of aliphatic hydroxyl groups is 1. The first kappa shape index (κ1) is 17.6. The minimum absolute atomic E-state index is 0.199. The maximum atomic E-state index is 12.4. The number of carboxylic acids is 1. The fourth-order valence-electron chi connectivity index (χ4n) is 1.43. The molecule has 0 aliphatic rings. The number of carboxylic acid groups (broad SMARTS) is 1. The lowest BCUT2D eigenvalue weighted by Crippen LogP contribution is -2.46. The van der Waals surface area contributed by atoms with Gasteiger partial charge >= 0.3 is 12.6 Å². The summed E-state index contributed by atoms with van der Waals surface area (Å²) >= 11 is 0. The lowest BCUT2D eigenvalue weighted by molar-refractivity contribution is -0.155. The predicted octanol–water partition coefficient (Wildman–Crippen LogP) is 0.862. The van der Waals surface area contributed by atoms with Gasteiger partial charge in [0.25, 0.3) is 5.91 Å². The van der Waals surface area contributed by atoms with Crippen LogP contribution in [0.15, 0.2) is 18.2 Å². The molecule has 7 nitrogen and oxygen atoms in total. The zero-order valence-corrected chi connectivity index (χ0v) is 11.8. The van der Waals surface area contributed by atoms with Crippen molar-refractivity contribution in [1.29, 1.82) is 0 Å². The van der Waals surface area contributed by atoms with Gasteiger partial charge in [0.2, 0.25) is 0 Å². The van der Waals surface area contributed by atoms with Gasteiger partial charge in [-0.05, 0) is 19.1 Å². The number of carbonyl (C=O) groups is 2. The molecule has 0 aliphatic carbocycles. The smallest absolute Gasteiger partial charge is 0.387 e. The van der Waals surface area contributed by atoms with E-state index >= 15 is 0 Å². The monoisotopic (exact) mass is 319 g/mol. The Kier molecular flexibility index (Phi) is 5.63. The molecule has 0 heterocycles. The van der Waals surface area contributed by atoms with Crippen LogP contribution in [0.5, 0.6) is 11.5 Å². The summed E-state index contributed by atoms with van der Waals surface area (Å²) in [6.07, 6.45) is 0. The average Bonchev–Trinajstić information content (AvgIpc) is 2.43. The summed E-state index contributed by atoms with van der Waals surface area (Å²) in [6.45, 7) is -2.78. The molecule has 0 saturated heterocycles. The highest BCUT2D eigenvalue weighted by molar-refractivity contribution is 5.97. The molecule has 0 aromatic heterocycles. The molecule has 1 aromatic rings. The highest BCUT2D eigenvalue weighted by Gasteiger charge is 2.30. The molecule has 0 bridgehead atoms. The number of nitrogens with one attached hydrogen (secondary N) is 1. The van der Waals surface area contributed by atoms with Gasteiger partial charge in [0, 0.05) is 6.07 Å². The van der Waals surface area contributed by atoms with Crippen molar-refractivity contribution in [2.45, 2.75) is 19.1 Å². The third-order valence-corrected chi connectivity index (χ3v) is 2.70. The van der Waals surface area contributed by atoms with E-state index < -0.39 is 36.4 Å². The quantitative estimate of drug-likeness (QED) is 0.688.